The molecule has 1 aromatic rings. The maximum absolute atomic E-state index is 5.60. The zero-order chi connectivity index (χ0) is 12.0. The van der Waals surface area contributed by atoms with Crippen LogP contribution in [0.25, 0.3) is 0 Å². The van der Waals surface area contributed by atoms with E-state index in [1.807, 2.05) is 19.1 Å². The molecule has 0 amide bonds. The normalized spacial score (nSPS) is 13.6. The minimum absolute atomic E-state index is 0.303. The fourth-order valence-electron chi connectivity index (χ4n) is 1.36. The first-order valence-corrected chi connectivity index (χ1v) is 5.74. The van der Waals surface area contributed by atoms with Gasteiger partial charge in [0.1, 0.15) is 5.75 Å². The standard InChI is InChI=1S/C13H18ClNO/c1-10(8-14)9-15-11(2)12-4-6-13(16-3)7-5-12/h4-8,11,15H,9H2,1-3H3/b10-8+/t11-/m1/s1. The van der Waals surface area contributed by atoms with Crippen LogP contribution in [0.3, 0.4) is 0 Å². The molecule has 0 heterocycles. The molecule has 0 spiro atoms. The Morgan fingerprint density at radius 3 is 2.56 bits per heavy atom. The molecule has 0 aliphatic rings. The largest absolute Gasteiger partial charge is 0.497 e. The van der Waals surface area contributed by atoms with Gasteiger partial charge in [0.25, 0.3) is 0 Å². The van der Waals surface area contributed by atoms with Crippen LogP contribution < -0.4 is 10.1 Å². The highest BCUT2D eigenvalue weighted by Gasteiger charge is 2.04. The summed E-state index contributed by atoms with van der Waals surface area (Å²) < 4.78 is 5.12. The summed E-state index contributed by atoms with van der Waals surface area (Å²) >= 11 is 5.60. The second-order valence-corrected chi connectivity index (χ2v) is 4.05. The van der Waals surface area contributed by atoms with Crippen molar-refractivity contribution >= 4 is 11.6 Å². The molecule has 0 bridgehead atoms. The van der Waals surface area contributed by atoms with Gasteiger partial charge in [-0.2, -0.15) is 0 Å². The highest BCUT2D eigenvalue weighted by atomic mass is 35.5. The van der Waals surface area contributed by atoms with Gasteiger partial charge >= 0.3 is 0 Å². The molecule has 2 nitrogen and oxygen atoms in total. The van der Waals surface area contributed by atoms with Crippen LogP contribution in [0.4, 0.5) is 0 Å². The van der Waals surface area contributed by atoms with Crippen molar-refractivity contribution in [2.75, 3.05) is 13.7 Å². The maximum Gasteiger partial charge on any atom is 0.118 e. The Morgan fingerprint density at radius 2 is 2.06 bits per heavy atom. The Labute approximate surface area is 102 Å². The van der Waals surface area contributed by atoms with Gasteiger partial charge in [-0.25, -0.2) is 0 Å². The van der Waals surface area contributed by atoms with Gasteiger partial charge < -0.3 is 10.1 Å². The molecular weight excluding hydrogens is 222 g/mol. The number of hydrogen-bond donors (Lipinski definition) is 1. The fraction of sp³-hybridized carbons (Fsp3) is 0.385. The molecule has 1 rings (SSSR count). The summed E-state index contributed by atoms with van der Waals surface area (Å²) in [5.74, 6) is 0.882. The number of methoxy groups -OCH3 is 1. The van der Waals surface area contributed by atoms with Crippen molar-refractivity contribution < 1.29 is 4.74 Å². The Hall–Kier alpha value is -0.990. The Kier molecular flexibility index (Phi) is 5.36. The molecular formula is C13H18ClNO. The second-order valence-electron chi connectivity index (χ2n) is 3.83. The van der Waals surface area contributed by atoms with Crippen molar-refractivity contribution in [3.05, 3.63) is 40.9 Å². The summed E-state index contributed by atoms with van der Waals surface area (Å²) in [6, 6.07) is 8.37. The van der Waals surface area contributed by atoms with Crippen LogP contribution in [0.2, 0.25) is 0 Å². The van der Waals surface area contributed by atoms with E-state index >= 15 is 0 Å². The van der Waals surface area contributed by atoms with Crippen LogP contribution in [-0.2, 0) is 0 Å². The van der Waals surface area contributed by atoms with Gasteiger partial charge in [0.15, 0.2) is 0 Å². The summed E-state index contributed by atoms with van der Waals surface area (Å²) in [5, 5.41) is 3.39. The van der Waals surface area contributed by atoms with Crippen LogP contribution in [0, 0.1) is 0 Å². The molecule has 0 radical (unpaired) electrons. The van der Waals surface area contributed by atoms with E-state index in [1.54, 1.807) is 12.6 Å². The van der Waals surface area contributed by atoms with E-state index in [0.29, 0.717) is 6.04 Å². The molecule has 0 aliphatic heterocycles. The van der Waals surface area contributed by atoms with Crippen LogP contribution in [0.15, 0.2) is 35.4 Å². The number of halogens is 1. The molecule has 1 atom stereocenters. The number of hydrogen-bond acceptors (Lipinski definition) is 2. The van der Waals surface area contributed by atoms with Crippen molar-refractivity contribution in [1.29, 1.82) is 0 Å². The van der Waals surface area contributed by atoms with Gasteiger partial charge in [0.05, 0.1) is 7.11 Å². The van der Waals surface area contributed by atoms with Gasteiger partial charge in [-0.05, 0) is 37.1 Å². The molecule has 0 aliphatic carbocycles. The number of rotatable bonds is 5. The highest BCUT2D eigenvalue weighted by molar-refractivity contribution is 6.25. The molecule has 0 aromatic heterocycles. The molecule has 1 N–H and O–H groups in total. The fourth-order valence-corrected chi connectivity index (χ4v) is 1.44. The monoisotopic (exact) mass is 239 g/mol. The molecule has 0 fully saturated rings. The quantitative estimate of drug-likeness (QED) is 0.850. The van der Waals surface area contributed by atoms with Crippen molar-refractivity contribution in [2.45, 2.75) is 19.9 Å². The first-order chi connectivity index (χ1) is 7.67. The third-order valence-corrected chi connectivity index (χ3v) is 2.86. The van der Waals surface area contributed by atoms with Crippen molar-refractivity contribution in [3.8, 4) is 5.75 Å². The SMILES string of the molecule is COc1ccc([C@@H](C)NC/C(C)=C/Cl)cc1. The third-order valence-electron chi connectivity index (χ3n) is 2.49. The Balaban J connectivity index is 2.55. The molecule has 16 heavy (non-hydrogen) atoms. The van der Waals surface area contributed by atoms with Gasteiger partial charge in [-0.3, -0.25) is 0 Å². The molecule has 0 saturated heterocycles. The van der Waals surface area contributed by atoms with E-state index < -0.39 is 0 Å². The Bertz CT molecular complexity index is 345. The van der Waals surface area contributed by atoms with E-state index in [2.05, 4.69) is 24.4 Å². The van der Waals surface area contributed by atoms with Crippen molar-refractivity contribution in [1.82, 2.24) is 5.32 Å². The van der Waals surface area contributed by atoms with Gasteiger partial charge in [0.2, 0.25) is 0 Å². The smallest absolute Gasteiger partial charge is 0.118 e. The van der Waals surface area contributed by atoms with Gasteiger partial charge in [-0.1, -0.05) is 23.7 Å². The van der Waals surface area contributed by atoms with E-state index in [1.165, 1.54) is 5.56 Å². The summed E-state index contributed by atoms with van der Waals surface area (Å²) in [4.78, 5) is 0. The summed E-state index contributed by atoms with van der Waals surface area (Å²) in [7, 11) is 1.67. The molecule has 88 valence electrons. The van der Waals surface area contributed by atoms with Crippen LogP contribution in [-0.4, -0.2) is 13.7 Å². The van der Waals surface area contributed by atoms with Gasteiger partial charge in [0, 0.05) is 18.1 Å². The summed E-state index contributed by atoms with van der Waals surface area (Å²) in [6.07, 6.45) is 0. The topological polar surface area (TPSA) is 21.3 Å². The first-order valence-electron chi connectivity index (χ1n) is 5.30. The van der Waals surface area contributed by atoms with E-state index in [-0.39, 0.29) is 0 Å². The van der Waals surface area contributed by atoms with E-state index in [0.717, 1.165) is 17.9 Å². The average Bonchev–Trinajstić information content (AvgIpc) is 2.35. The summed E-state index contributed by atoms with van der Waals surface area (Å²) in [6.45, 7) is 4.93. The predicted octanol–water partition coefficient (Wildman–Crippen LogP) is 3.49. The average molecular weight is 240 g/mol. The molecule has 3 heteroatoms. The zero-order valence-corrected chi connectivity index (χ0v) is 10.7. The lowest BCUT2D eigenvalue weighted by molar-refractivity contribution is 0.414. The maximum atomic E-state index is 5.60. The minimum Gasteiger partial charge on any atom is -0.497 e. The lowest BCUT2D eigenvalue weighted by atomic mass is 10.1. The number of nitrogens with one attached hydrogen (secondary N) is 1. The van der Waals surface area contributed by atoms with Crippen LogP contribution >= 0.6 is 11.6 Å². The zero-order valence-electron chi connectivity index (χ0n) is 9.96. The highest BCUT2D eigenvalue weighted by Crippen LogP contribution is 2.17. The van der Waals surface area contributed by atoms with Crippen molar-refractivity contribution in [3.63, 3.8) is 0 Å². The second kappa shape index (κ2) is 6.56. The van der Waals surface area contributed by atoms with E-state index in [9.17, 15) is 0 Å². The number of benzene rings is 1. The van der Waals surface area contributed by atoms with Gasteiger partial charge in [-0.15, -0.1) is 0 Å². The molecule has 0 unspecified atom stereocenters. The third kappa shape index (κ3) is 3.87. The lowest BCUT2D eigenvalue weighted by Crippen LogP contribution is -2.20. The van der Waals surface area contributed by atoms with Crippen molar-refractivity contribution in [2.24, 2.45) is 0 Å². The van der Waals surface area contributed by atoms with E-state index in [4.69, 9.17) is 16.3 Å². The minimum atomic E-state index is 0.303. The Morgan fingerprint density at radius 1 is 1.44 bits per heavy atom. The first kappa shape index (κ1) is 13.1. The lowest BCUT2D eigenvalue weighted by Gasteiger charge is -2.14. The molecule has 0 saturated carbocycles. The number of ether oxygens (including phenoxy) is 1. The van der Waals surface area contributed by atoms with Crippen LogP contribution in [0.5, 0.6) is 5.75 Å². The van der Waals surface area contributed by atoms with Crippen LogP contribution in [0.1, 0.15) is 25.5 Å². The predicted molar refractivity (Wildman–Crippen MR) is 69.0 cm³/mol. The summed E-state index contributed by atoms with van der Waals surface area (Å²) in [5.41, 5.74) is 3.97. The molecule has 1 aromatic carbocycles.